The molecule has 0 aromatic heterocycles. The molecule has 0 aromatic rings. The fraction of sp³-hybridized carbons (Fsp3) is 0.643. The molecule has 1 unspecified atom stereocenters. The van der Waals surface area contributed by atoms with Crippen molar-refractivity contribution in [3.8, 4) is 0 Å². The highest BCUT2D eigenvalue weighted by Gasteiger charge is 2.23. The Morgan fingerprint density at radius 2 is 2.00 bits per heavy atom. The first kappa shape index (κ1) is 13.0. The molecule has 0 spiro atoms. The summed E-state index contributed by atoms with van der Waals surface area (Å²) in [4.78, 5) is 13.6. The fourth-order valence-electron chi connectivity index (χ4n) is 2.34. The molecule has 1 heterocycles. The lowest BCUT2D eigenvalue weighted by molar-refractivity contribution is 0.0879. The van der Waals surface area contributed by atoms with E-state index >= 15 is 0 Å². The second-order valence-electron chi connectivity index (χ2n) is 4.80. The molecule has 2 rings (SSSR count). The van der Waals surface area contributed by atoms with E-state index < -0.39 is 0 Å². The molecule has 2 aliphatic rings. The molecule has 1 amide bonds. The van der Waals surface area contributed by atoms with Crippen molar-refractivity contribution in [2.45, 2.75) is 38.7 Å². The Labute approximate surface area is 108 Å². The van der Waals surface area contributed by atoms with Crippen LogP contribution in [0.4, 0.5) is 4.79 Å². The Morgan fingerprint density at radius 3 is 2.56 bits per heavy atom. The zero-order valence-electron chi connectivity index (χ0n) is 11.1. The van der Waals surface area contributed by atoms with Crippen LogP contribution in [0, 0.1) is 0 Å². The molecule has 1 atom stereocenters. The van der Waals surface area contributed by atoms with E-state index in [1.807, 2.05) is 19.1 Å². The molecule has 0 aromatic carbocycles. The number of carbonyl (C=O) groups excluding carboxylic acids is 1. The van der Waals surface area contributed by atoms with E-state index in [4.69, 9.17) is 9.47 Å². The van der Waals surface area contributed by atoms with Crippen LogP contribution in [0.15, 0.2) is 23.5 Å². The number of ether oxygens (including phenoxy) is 2. The average Bonchev–Trinajstić information content (AvgIpc) is 2.92. The van der Waals surface area contributed by atoms with Gasteiger partial charge in [-0.05, 0) is 37.8 Å². The SMILES string of the molecule is COC1=CC=C(C(C)OC(=O)N2CCCC2)CC1. The van der Waals surface area contributed by atoms with Gasteiger partial charge in [0.15, 0.2) is 0 Å². The third-order valence-electron chi connectivity index (χ3n) is 3.57. The lowest BCUT2D eigenvalue weighted by Crippen LogP contribution is -2.31. The van der Waals surface area contributed by atoms with Crippen LogP contribution in [-0.4, -0.2) is 37.3 Å². The molecule has 0 saturated carbocycles. The molecule has 0 radical (unpaired) electrons. The normalized spacial score (nSPS) is 21.1. The summed E-state index contributed by atoms with van der Waals surface area (Å²) in [5.74, 6) is 0.983. The zero-order chi connectivity index (χ0) is 13.0. The predicted molar refractivity (Wildman–Crippen MR) is 69.2 cm³/mol. The summed E-state index contributed by atoms with van der Waals surface area (Å²) in [6, 6.07) is 0. The second-order valence-corrected chi connectivity index (χ2v) is 4.80. The summed E-state index contributed by atoms with van der Waals surface area (Å²) < 4.78 is 10.7. The number of carbonyl (C=O) groups is 1. The monoisotopic (exact) mass is 251 g/mol. The van der Waals surface area contributed by atoms with E-state index in [0.717, 1.165) is 50.1 Å². The van der Waals surface area contributed by atoms with Crippen molar-refractivity contribution in [1.29, 1.82) is 0 Å². The molecule has 4 nitrogen and oxygen atoms in total. The van der Waals surface area contributed by atoms with E-state index in [-0.39, 0.29) is 12.2 Å². The smallest absolute Gasteiger partial charge is 0.410 e. The molecule has 4 heteroatoms. The number of hydrogen-bond acceptors (Lipinski definition) is 3. The number of likely N-dealkylation sites (tertiary alicyclic amines) is 1. The van der Waals surface area contributed by atoms with Crippen molar-refractivity contribution in [2.75, 3.05) is 20.2 Å². The summed E-state index contributed by atoms with van der Waals surface area (Å²) in [6.07, 6.45) is 7.60. The van der Waals surface area contributed by atoms with Gasteiger partial charge in [0.1, 0.15) is 6.10 Å². The summed E-state index contributed by atoms with van der Waals surface area (Å²) in [7, 11) is 1.68. The molecule has 1 fully saturated rings. The summed E-state index contributed by atoms with van der Waals surface area (Å²) in [5, 5.41) is 0. The summed E-state index contributed by atoms with van der Waals surface area (Å²) in [6.45, 7) is 3.60. The highest BCUT2D eigenvalue weighted by Crippen LogP contribution is 2.23. The van der Waals surface area contributed by atoms with E-state index in [2.05, 4.69) is 0 Å². The molecule has 0 bridgehead atoms. The lowest BCUT2D eigenvalue weighted by Gasteiger charge is -2.23. The van der Waals surface area contributed by atoms with Gasteiger partial charge in [-0.25, -0.2) is 4.79 Å². The lowest BCUT2D eigenvalue weighted by atomic mass is 10.00. The Bertz CT molecular complexity index is 367. The van der Waals surface area contributed by atoms with E-state index in [1.165, 1.54) is 0 Å². The van der Waals surface area contributed by atoms with Gasteiger partial charge in [0.25, 0.3) is 0 Å². The van der Waals surface area contributed by atoms with Gasteiger partial charge in [-0.3, -0.25) is 0 Å². The van der Waals surface area contributed by atoms with Crippen molar-refractivity contribution in [1.82, 2.24) is 4.90 Å². The molecule has 0 N–H and O–H groups in total. The fourth-order valence-corrected chi connectivity index (χ4v) is 2.34. The first-order valence-electron chi connectivity index (χ1n) is 6.60. The van der Waals surface area contributed by atoms with Gasteiger partial charge in [0.2, 0.25) is 0 Å². The third-order valence-corrected chi connectivity index (χ3v) is 3.57. The topological polar surface area (TPSA) is 38.8 Å². The van der Waals surface area contributed by atoms with Crippen LogP contribution in [0.25, 0.3) is 0 Å². The van der Waals surface area contributed by atoms with Crippen molar-refractivity contribution in [2.24, 2.45) is 0 Å². The van der Waals surface area contributed by atoms with Gasteiger partial charge in [-0.15, -0.1) is 0 Å². The highest BCUT2D eigenvalue weighted by atomic mass is 16.6. The number of nitrogens with zero attached hydrogens (tertiary/aromatic N) is 1. The maximum atomic E-state index is 11.9. The van der Waals surface area contributed by atoms with E-state index in [9.17, 15) is 4.79 Å². The van der Waals surface area contributed by atoms with Gasteiger partial charge in [-0.2, -0.15) is 0 Å². The average molecular weight is 251 g/mol. The zero-order valence-corrected chi connectivity index (χ0v) is 11.1. The summed E-state index contributed by atoms with van der Waals surface area (Å²) in [5.41, 5.74) is 1.16. The van der Waals surface area contributed by atoms with Crippen molar-refractivity contribution in [3.05, 3.63) is 23.5 Å². The quantitative estimate of drug-likeness (QED) is 0.774. The maximum absolute atomic E-state index is 11.9. The van der Waals surface area contributed by atoms with Crippen LogP contribution in [-0.2, 0) is 9.47 Å². The number of amides is 1. The Morgan fingerprint density at radius 1 is 1.28 bits per heavy atom. The molecular formula is C14H21NO3. The van der Waals surface area contributed by atoms with Crippen LogP contribution >= 0.6 is 0 Å². The predicted octanol–water partition coefficient (Wildman–Crippen LogP) is 2.86. The van der Waals surface area contributed by atoms with Crippen LogP contribution in [0.3, 0.4) is 0 Å². The largest absolute Gasteiger partial charge is 0.501 e. The third kappa shape index (κ3) is 3.06. The standard InChI is InChI=1S/C14H21NO3/c1-11(12-5-7-13(17-2)8-6-12)18-14(16)15-9-3-4-10-15/h5,7,11H,3-4,6,8-10H2,1-2H3. The molecule has 1 aliphatic heterocycles. The number of hydrogen-bond donors (Lipinski definition) is 0. The van der Waals surface area contributed by atoms with Crippen LogP contribution in [0.2, 0.25) is 0 Å². The minimum Gasteiger partial charge on any atom is -0.501 e. The molecule has 1 aliphatic carbocycles. The van der Waals surface area contributed by atoms with Crippen molar-refractivity contribution >= 4 is 6.09 Å². The molecular weight excluding hydrogens is 230 g/mol. The van der Waals surface area contributed by atoms with Crippen LogP contribution in [0.5, 0.6) is 0 Å². The van der Waals surface area contributed by atoms with E-state index in [0.29, 0.717) is 0 Å². The number of allylic oxidation sites excluding steroid dienone is 3. The van der Waals surface area contributed by atoms with Gasteiger partial charge >= 0.3 is 6.09 Å². The van der Waals surface area contributed by atoms with Crippen molar-refractivity contribution in [3.63, 3.8) is 0 Å². The number of methoxy groups -OCH3 is 1. The molecule has 18 heavy (non-hydrogen) atoms. The maximum Gasteiger partial charge on any atom is 0.410 e. The van der Waals surface area contributed by atoms with Crippen LogP contribution < -0.4 is 0 Å². The molecule has 100 valence electrons. The summed E-state index contributed by atoms with van der Waals surface area (Å²) >= 11 is 0. The van der Waals surface area contributed by atoms with Gasteiger partial charge < -0.3 is 14.4 Å². The Hall–Kier alpha value is -1.45. The Balaban J connectivity index is 1.88. The minimum atomic E-state index is -0.178. The minimum absolute atomic E-state index is 0.146. The first-order chi connectivity index (χ1) is 8.70. The van der Waals surface area contributed by atoms with Crippen LogP contribution in [0.1, 0.15) is 32.6 Å². The van der Waals surface area contributed by atoms with Gasteiger partial charge in [0.05, 0.1) is 12.9 Å². The first-order valence-corrected chi connectivity index (χ1v) is 6.60. The van der Waals surface area contributed by atoms with E-state index in [1.54, 1.807) is 12.0 Å². The Kier molecular flexibility index (Phi) is 4.28. The second kappa shape index (κ2) is 5.94. The molecule has 1 saturated heterocycles. The highest BCUT2D eigenvalue weighted by molar-refractivity contribution is 5.68. The number of rotatable bonds is 3. The van der Waals surface area contributed by atoms with Crippen molar-refractivity contribution < 1.29 is 14.3 Å². The van der Waals surface area contributed by atoms with Gasteiger partial charge in [0, 0.05) is 19.5 Å². The van der Waals surface area contributed by atoms with Gasteiger partial charge in [-0.1, -0.05) is 6.08 Å².